The largest absolute Gasteiger partial charge is 0.493 e. The van der Waals surface area contributed by atoms with Crippen LogP contribution in [0.5, 0.6) is 11.5 Å². The molecule has 2 aliphatic rings. The highest BCUT2D eigenvalue weighted by atomic mass is 16.5. The summed E-state index contributed by atoms with van der Waals surface area (Å²) in [6, 6.07) is 2.47. The lowest BCUT2D eigenvalue weighted by molar-refractivity contribution is -0.137. The number of benzene rings is 1. The van der Waals surface area contributed by atoms with Crippen molar-refractivity contribution in [3.63, 3.8) is 0 Å². The molecule has 0 aromatic heterocycles. The lowest BCUT2D eigenvalue weighted by Gasteiger charge is -2.40. The Hall–Kier alpha value is -2.99. The van der Waals surface area contributed by atoms with Crippen molar-refractivity contribution in [3.05, 3.63) is 34.9 Å². The van der Waals surface area contributed by atoms with Gasteiger partial charge in [-0.05, 0) is 50.5 Å². The van der Waals surface area contributed by atoms with Gasteiger partial charge in [0.15, 0.2) is 11.5 Å². The van der Waals surface area contributed by atoms with Crippen LogP contribution in [0.1, 0.15) is 56.6 Å². The average Bonchev–Trinajstić information content (AvgIpc) is 3.31. The molecule has 1 heterocycles. The molecule has 0 saturated heterocycles. The van der Waals surface area contributed by atoms with Crippen molar-refractivity contribution >= 4 is 17.6 Å². The second-order valence-corrected chi connectivity index (χ2v) is 9.71. The van der Waals surface area contributed by atoms with E-state index in [-0.39, 0.29) is 56.4 Å². The van der Waals surface area contributed by atoms with Gasteiger partial charge in [-0.25, -0.2) is 0 Å². The van der Waals surface area contributed by atoms with E-state index in [1.165, 1.54) is 18.9 Å². The molecule has 1 aliphatic carbocycles. The van der Waals surface area contributed by atoms with Crippen molar-refractivity contribution in [2.75, 3.05) is 40.0 Å². The van der Waals surface area contributed by atoms with E-state index in [2.05, 4.69) is 5.32 Å². The molecular formula is C28H40N2O9. The zero-order valence-electron chi connectivity index (χ0n) is 22.9. The Kier molecular flexibility index (Phi) is 11.3. The van der Waals surface area contributed by atoms with Crippen molar-refractivity contribution in [1.82, 2.24) is 10.2 Å². The molecule has 0 radical (unpaired) electrons. The van der Waals surface area contributed by atoms with Gasteiger partial charge in [-0.1, -0.05) is 0 Å². The molecule has 3 rings (SSSR count). The number of ketones is 1. The summed E-state index contributed by atoms with van der Waals surface area (Å²) in [5.74, 6) is -0.693. The highest BCUT2D eigenvalue weighted by Crippen LogP contribution is 2.51. The zero-order valence-corrected chi connectivity index (χ0v) is 22.9. The topological polar surface area (TPSA) is 155 Å². The van der Waals surface area contributed by atoms with E-state index >= 15 is 0 Å². The molecule has 4 atom stereocenters. The fourth-order valence-electron chi connectivity index (χ4n) is 5.17. The summed E-state index contributed by atoms with van der Waals surface area (Å²) in [6.45, 7) is 4.07. The quantitative estimate of drug-likeness (QED) is 0.233. The molecule has 11 nitrogen and oxygen atoms in total. The fraction of sp³-hybridized carbons (Fsp3) is 0.607. The van der Waals surface area contributed by atoms with Gasteiger partial charge in [0.1, 0.15) is 18.0 Å². The molecule has 2 amide bonds. The number of methoxy groups -OCH3 is 1. The van der Waals surface area contributed by atoms with Gasteiger partial charge in [0.25, 0.3) is 0 Å². The van der Waals surface area contributed by atoms with Crippen LogP contribution in [0.4, 0.5) is 0 Å². The van der Waals surface area contributed by atoms with Gasteiger partial charge in [-0.3, -0.25) is 9.59 Å². The van der Waals surface area contributed by atoms with Gasteiger partial charge < -0.3 is 44.5 Å². The smallest absolute Gasteiger partial charge is 0.247 e. The second kappa shape index (κ2) is 14.4. The van der Waals surface area contributed by atoms with E-state index < -0.39 is 30.1 Å². The number of hydrogen-bond donors (Lipinski definition) is 4. The highest BCUT2D eigenvalue weighted by molar-refractivity contribution is 5.96. The molecule has 1 aliphatic heterocycles. The number of nitrogens with one attached hydrogen (secondary N) is 1. The number of aliphatic hydroxyl groups excluding tert-OH is 3. The molecule has 0 bridgehead atoms. The van der Waals surface area contributed by atoms with E-state index in [4.69, 9.17) is 14.2 Å². The molecule has 1 aromatic carbocycles. The fourth-order valence-corrected chi connectivity index (χ4v) is 5.17. The zero-order chi connectivity index (χ0) is 28.5. The lowest BCUT2D eigenvalue weighted by Crippen LogP contribution is -2.56. The SMILES string of the molecule is CCOCCCN(C(=O)CCCC(C)=O)C1C=C(C(=O)NCCO)C2c3cc(CO)cc(OC)c3OC2C1O. The summed E-state index contributed by atoms with van der Waals surface area (Å²) in [7, 11) is 1.46. The summed E-state index contributed by atoms with van der Waals surface area (Å²) >= 11 is 0. The minimum Gasteiger partial charge on any atom is -0.493 e. The predicted octanol–water partition coefficient (Wildman–Crippen LogP) is 0.825. The first kappa shape index (κ1) is 30.6. The summed E-state index contributed by atoms with van der Waals surface area (Å²) in [5.41, 5.74) is 1.42. The first-order valence-corrected chi connectivity index (χ1v) is 13.4. The monoisotopic (exact) mass is 548 g/mol. The molecule has 4 N–H and O–H groups in total. The van der Waals surface area contributed by atoms with Crippen molar-refractivity contribution in [2.24, 2.45) is 0 Å². The Labute approximate surface area is 228 Å². The summed E-state index contributed by atoms with van der Waals surface area (Å²) in [6.07, 6.45) is 0.764. The molecule has 0 fully saturated rings. The van der Waals surface area contributed by atoms with Crippen LogP contribution in [0.2, 0.25) is 0 Å². The average molecular weight is 549 g/mol. The Balaban J connectivity index is 2.03. The van der Waals surface area contributed by atoms with E-state index in [1.807, 2.05) is 6.92 Å². The number of ether oxygens (including phenoxy) is 3. The van der Waals surface area contributed by atoms with E-state index in [0.717, 1.165) is 0 Å². The third kappa shape index (κ3) is 7.16. The number of amides is 2. The van der Waals surface area contributed by atoms with Gasteiger partial charge in [0.05, 0.1) is 32.3 Å². The molecule has 0 spiro atoms. The van der Waals surface area contributed by atoms with Crippen LogP contribution in [0.3, 0.4) is 0 Å². The normalized spacial score (nSPS) is 21.3. The van der Waals surface area contributed by atoms with Crippen molar-refractivity contribution < 1.29 is 43.9 Å². The van der Waals surface area contributed by atoms with Crippen LogP contribution < -0.4 is 14.8 Å². The maximum atomic E-state index is 13.4. The first-order chi connectivity index (χ1) is 18.8. The van der Waals surface area contributed by atoms with Crippen LogP contribution >= 0.6 is 0 Å². The van der Waals surface area contributed by atoms with Crippen LogP contribution in [-0.2, 0) is 25.7 Å². The number of rotatable bonds is 15. The van der Waals surface area contributed by atoms with Crippen LogP contribution in [0.25, 0.3) is 0 Å². The van der Waals surface area contributed by atoms with Gasteiger partial charge in [0.2, 0.25) is 11.8 Å². The Morgan fingerprint density at radius 1 is 1.15 bits per heavy atom. The maximum absolute atomic E-state index is 13.4. The van der Waals surface area contributed by atoms with Crippen LogP contribution in [0.15, 0.2) is 23.8 Å². The van der Waals surface area contributed by atoms with Crippen molar-refractivity contribution in [1.29, 1.82) is 0 Å². The van der Waals surface area contributed by atoms with E-state index in [0.29, 0.717) is 48.7 Å². The number of nitrogens with zero attached hydrogens (tertiary/aromatic N) is 1. The number of fused-ring (bicyclic) bond motifs is 3. The molecule has 216 valence electrons. The first-order valence-electron chi connectivity index (χ1n) is 13.4. The minimum atomic E-state index is -1.19. The van der Waals surface area contributed by atoms with Gasteiger partial charge in [-0.2, -0.15) is 0 Å². The van der Waals surface area contributed by atoms with Gasteiger partial charge in [-0.15, -0.1) is 0 Å². The van der Waals surface area contributed by atoms with Gasteiger partial charge >= 0.3 is 0 Å². The van der Waals surface area contributed by atoms with Gasteiger partial charge in [0, 0.05) is 50.3 Å². The molecule has 1 aromatic rings. The number of hydrogen-bond acceptors (Lipinski definition) is 9. The molecule has 4 unspecified atom stereocenters. The van der Waals surface area contributed by atoms with Crippen molar-refractivity contribution in [2.45, 2.75) is 70.3 Å². The third-order valence-corrected chi connectivity index (χ3v) is 6.99. The van der Waals surface area contributed by atoms with Crippen LogP contribution in [0, 0.1) is 0 Å². The predicted molar refractivity (Wildman–Crippen MR) is 141 cm³/mol. The number of carbonyl (C=O) groups excluding carboxylic acids is 3. The molecule has 0 saturated carbocycles. The summed E-state index contributed by atoms with van der Waals surface area (Å²) < 4.78 is 17.1. The minimum absolute atomic E-state index is 0.0118. The number of aliphatic hydroxyl groups is 3. The third-order valence-electron chi connectivity index (χ3n) is 6.99. The number of Topliss-reactive ketones (excluding diaryl/α,β-unsaturated/α-hetero) is 1. The molecule has 11 heteroatoms. The number of carbonyl (C=O) groups is 3. The van der Waals surface area contributed by atoms with Crippen LogP contribution in [-0.4, -0.2) is 96.1 Å². The summed E-state index contributed by atoms with van der Waals surface area (Å²) in [4.78, 5) is 39.7. The lowest BCUT2D eigenvalue weighted by atomic mass is 9.77. The van der Waals surface area contributed by atoms with E-state index in [1.54, 1.807) is 18.2 Å². The maximum Gasteiger partial charge on any atom is 0.247 e. The second-order valence-electron chi connectivity index (χ2n) is 9.71. The molecular weight excluding hydrogens is 508 g/mol. The molecule has 39 heavy (non-hydrogen) atoms. The summed E-state index contributed by atoms with van der Waals surface area (Å²) in [5, 5.41) is 33.3. The van der Waals surface area contributed by atoms with E-state index in [9.17, 15) is 29.7 Å². The Bertz CT molecular complexity index is 1060. The Morgan fingerprint density at radius 3 is 2.56 bits per heavy atom. The standard InChI is InChI=1S/C28H40N2O9/c1-4-38-12-6-10-30(23(34)8-5-7-17(2)33)21-15-20(28(36)29-9-11-31)24-19-13-18(16-32)14-22(37-3)26(19)39-27(24)25(21)35/h13-15,21,24-25,27,31-32,35H,4-12,16H2,1-3H3,(H,29,36). The Morgan fingerprint density at radius 2 is 1.92 bits per heavy atom. The highest BCUT2D eigenvalue weighted by Gasteiger charge is 2.51. The van der Waals surface area contributed by atoms with Crippen molar-refractivity contribution in [3.8, 4) is 11.5 Å².